The van der Waals surface area contributed by atoms with Crippen molar-refractivity contribution in [2.45, 2.75) is 51.0 Å². The van der Waals surface area contributed by atoms with Crippen molar-refractivity contribution in [2.24, 2.45) is 11.7 Å². The van der Waals surface area contributed by atoms with Gasteiger partial charge in [0.05, 0.1) is 12.5 Å². The minimum Gasteiger partial charge on any atom is -0.355 e. The first-order valence-electron chi connectivity index (χ1n) is 9.07. The van der Waals surface area contributed by atoms with Gasteiger partial charge in [0, 0.05) is 32.7 Å². The van der Waals surface area contributed by atoms with Crippen LogP contribution in [-0.4, -0.2) is 67.4 Å². The van der Waals surface area contributed by atoms with E-state index in [1.54, 1.807) is 0 Å². The molecule has 1 saturated heterocycles. The highest BCUT2D eigenvalue weighted by Crippen LogP contribution is 2.22. The fraction of sp³-hybridized carbons (Fsp3) is 0.882. The summed E-state index contributed by atoms with van der Waals surface area (Å²) in [5.41, 5.74) is 5.43. The number of amides is 2. The summed E-state index contributed by atoms with van der Waals surface area (Å²) in [5.74, 6) is 0.260. The van der Waals surface area contributed by atoms with E-state index in [2.05, 4.69) is 10.2 Å². The van der Waals surface area contributed by atoms with Crippen molar-refractivity contribution in [3.05, 3.63) is 0 Å². The van der Waals surface area contributed by atoms with E-state index in [1.165, 1.54) is 19.3 Å². The molecule has 0 spiro atoms. The first kappa shape index (κ1) is 18.2. The molecule has 0 radical (unpaired) electrons. The summed E-state index contributed by atoms with van der Waals surface area (Å²) in [6.45, 7) is 3.02. The van der Waals surface area contributed by atoms with E-state index in [4.69, 9.17) is 5.73 Å². The Labute approximate surface area is 139 Å². The molecular weight excluding hydrogens is 292 g/mol. The molecule has 0 aromatic rings. The Morgan fingerprint density at radius 1 is 1.17 bits per heavy atom. The molecule has 2 amide bonds. The Morgan fingerprint density at radius 3 is 2.61 bits per heavy atom. The Kier molecular flexibility index (Phi) is 7.30. The topological polar surface area (TPSA) is 78.7 Å². The lowest BCUT2D eigenvalue weighted by molar-refractivity contribution is -0.135. The predicted molar refractivity (Wildman–Crippen MR) is 90.9 cm³/mol. The van der Waals surface area contributed by atoms with Gasteiger partial charge in [-0.1, -0.05) is 19.3 Å². The Bertz CT molecular complexity index is 396. The van der Waals surface area contributed by atoms with Crippen LogP contribution in [0.4, 0.5) is 0 Å². The molecule has 1 aliphatic carbocycles. The monoisotopic (exact) mass is 324 g/mol. The number of nitrogens with two attached hydrogens (primary N) is 1. The molecule has 23 heavy (non-hydrogen) atoms. The van der Waals surface area contributed by atoms with E-state index in [1.807, 2.05) is 11.9 Å². The zero-order chi connectivity index (χ0) is 16.7. The van der Waals surface area contributed by atoms with Gasteiger partial charge in [0.25, 0.3) is 0 Å². The van der Waals surface area contributed by atoms with E-state index >= 15 is 0 Å². The minimum absolute atomic E-state index is 0.0110. The van der Waals surface area contributed by atoms with Crippen LogP contribution in [0, 0.1) is 5.92 Å². The van der Waals surface area contributed by atoms with E-state index < -0.39 is 0 Å². The van der Waals surface area contributed by atoms with Crippen molar-refractivity contribution < 1.29 is 9.59 Å². The summed E-state index contributed by atoms with van der Waals surface area (Å²) in [5, 5.41) is 2.86. The Morgan fingerprint density at radius 2 is 1.91 bits per heavy atom. The maximum atomic E-state index is 12.5. The highest BCUT2D eigenvalue weighted by atomic mass is 16.2. The second-order valence-electron chi connectivity index (χ2n) is 6.95. The Hall–Kier alpha value is -1.14. The van der Waals surface area contributed by atoms with Gasteiger partial charge in [-0.05, 0) is 32.2 Å². The molecule has 1 aliphatic heterocycles. The molecule has 132 valence electrons. The maximum Gasteiger partial charge on any atom is 0.236 e. The lowest BCUT2D eigenvalue weighted by Crippen LogP contribution is -2.49. The lowest BCUT2D eigenvalue weighted by atomic mass is 9.94. The zero-order valence-corrected chi connectivity index (χ0v) is 14.4. The Balaban J connectivity index is 1.79. The second-order valence-corrected chi connectivity index (χ2v) is 6.95. The SMILES string of the molecule is CN(C(=O)CN1CCCC(C(=O)NCCN)C1)C1CCCCC1. The van der Waals surface area contributed by atoms with Gasteiger partial charge in [-0.15, -0.1) is 0 Å². The number of nitrogens with one attached hydrogen (secondary N) is 1. The van der Waals surface area contributed by atoms with Crippen LogP contribution < -0.4 is 11.1 Å². The lowest BCUT2D eigenvalue weighted by Gasteiger charge is -2.35. The van der Waals surface area contributed by atoms with Gasteiger partial charge in [0.15, 0.2) is 0 Å². The molecule has 1 saturated carbocycles. The van der Waals surface area contributed by atoms with Crippen molar-refractivity contribution in [2.75, 3.05) is 39.8 Å². The van der Waals surface area contributed by atoms with Crippen molar-refractivity contribution in [1.29, 1.82) is 0 Å². The van der Waals surface area contributed by atoms with E-state index in [0.29, 0.717) is 32.2 Å². The van der Waals surface area contributed by atoms with Gasteiger partial charge in [-0.25, -0.2) is 0 Å². The van der Waals surface area contributed by atoms with Crippen LogP contribution in [0.25, 0.3) is 0 Å². The summed E-state index contributed by atoms with van der Waals surface area (Å²) < 4.78 is 0. The van der Waals surface area contributed by atoms with Crippen LogP contribution >= 0.6 is 0 Å². The molecule has 2 aliphatic rings. The maximum absolute atomic E-state index is 12.5. The van der Waals surface area contributed by atoms with Crippen LogP contribution in [0.1, 0.15) is 44.9 Å². The number of rotatable bonds is 6. The van der Waals surface area contributed by atoms with Crippen LogP contribution in [0.2, 0.25) is 0 Å². The standard InChI is InChI=1S/C17H32N4O2/c1-20(15-7-3-2-4-8-15)16(22)13-21-11-5-6-14(12-21)17(23)19-10-9-18/h14-15H,2-13,18H2,1H3,(H,19,23). The van der Waals surface area contributed by atoms with Crippen molar-refractivity contribution in [1.82, 2.24) is 15.1 Å². The summed E-state index contributed by atoms with van der Waals surface area (Å²) in [6, 6.07) is 0.407. The molecule has 0 aromatic heterocycles. The summed E-state index contributed by atoms with van der Waals surface area (Å²) >= 11 is 0. The summed E-state index contributed by atoms with van der Waals surface area (Å²) in [7, 11) is 1.94. The third kappa shape index (κ3) is 5.46. The van der Waals surface area contributed by atoms with Gasteiger partial charge in [-0.3, -0.25) is 14.5 Å². The van der Waals surface area contributed by atoms with E-state index in [-0.39, 0.29) is 17.7 Å². The quantitative estimate of drug-likeness (QED) is 0.748. The molecular formula is C17H32N4O2. The third-order valence-electron chi connectivity index (χ3n) is 5.19. The van der Waals surface area contributed by atoms with Crippen molar-refractivity contribution >= 4 is 11.8 Å². The number of nitrogens with zero attached hydrogens (tertiary/aromatic N) is 2. The van der Waals surface area contributed by atoms with Gasteiger partial charge in [0.1, 0.15) is 0 Å². The minimum atomic E-state index is -0.0110. The van der Waals surface area contributed by atoms with Crippen molar-refractivity contribution in [3.63, 3.8) is 0 Å². The second kappa shape index (κ2) is 9.23. The van der Waals surface area contributed by atoms with Gasteiger partial charge in [-0.2, -0.15) is 0 Å². The molecule has 1 heterocycles. The zero-order valence-electron chi connectivity index (χ0n) is 14.4. The number of hydrogen-bond donors (Lipinski definition) is 2. The van der Waals surface area contributed by atoms with Crippen LogP contribution in [0.3, 0.4) is 0 Å². The molecule has 3 N–H and O–H groups in total. The number of carbonyl (C=O) groups is 2. The summed E-state index contributed by atoms with van der Waals surface area (Å²) in [4.78, 5) is 28.7. The average Bonchev–Trinajstić information content (AvgIpc) is 2.60. The predicted octanol–water partition coefficient (Wildman–Crippen LogP) is 0.564. The first-order chi connectivity index (χ1) is 11.1. The molecule has 2 rings (SSSR count). The summed E-state index contributed by atoms with van der Waals surface area (Å²) in [6.07, 6.45) is 7.90. The highest BCUT2D eigenvalue weighted by Gasteiger charge is 2.28. The highest BCUT2D eigenvalue weighted by molar-refractivity contribution is 5.80. The average molecular weight is 324 g/mol. The molecule has 2 fully saturated rings. The van der Waals surface area contributed by atoms with Gasteiger partial charge >= 0.3 is 0 Å². The largest absolute Gasteiger partial charge is 0.355 e. The van der Waals surface area contributed by atoms with Gasteiger partial charge in [0.2, 0.25) is 11.8 Å². The number of likely N-dealkylation sites (N-methyl/N-ethyl adjacent to an activating group) is 1. The molecule has 1 atom stereocenters. The van der Waals surface area contributed by atoms with Crippen LogP contribution in [0.5, 0.6) is 0 Å². The van der Waals surface area contributed by atoms with E-state index in [0.717, 1.165) is 32.2 Å². The normalized spacial score (nSPS) is 23.5. The van der Waals surface area contributed by atoms with Crippen LogP contribution in [-0.2, 0) is 9.59 Å². The molecule has 6 nitrogen and oxygen atoms in total. The fourth-order valence-electron chi connectivity index (χ4n) is 3.73. The van der Waals surface area contributed by atoms with Crippen molar-refractivity contribution in [3.8, 4) is 0 Å². The smallest absolute Gasteiger partial charge is 0.236 e. The molecule has 1 unspecified atom stereocenters. The number of piperidine rings is 1. The molecule has 0 bridgehead atoms. The fourth-order valence-corrected chi connectivity index (χ4v) is 3.73. The third-order valence-corrected chi connectivity index (χ3v) is 5.19. The number of carbonyl (C=O) groups excluding carboxylic acids is 2. The number of hydrogen-bond acceptors (Lipinski definition) is 4. The van der Waals surface area contributed by atoms with Crippen LogP contribution in [0.15, 0.2) is 0 Å². The van der Waals surface area contributed by atoms with Gasteiger partial charge < -0.3 is 16.0 Å². The molecule has 0 aromatic carbocycles. The molecule has 6 heteroatoms. The first-order valence-corrected chi connectivity index (χ1v) is 9.07. The van der Waals surface area contributed by atoms with E-state index in [9.17, 15) is 9.59 Å². The number of likely N-dealkylation sites (tertiary alicyclic amines) is 1.